The van der Waals surface area contributed by atoms with Crippen LogP contribution < -0.4 is 10.5 Å². The van der Waals surface area contributed by atoms with Crippen LogP contribution in [-0.4, -0.2) is 32.3 Å². The fourth-order valence-electron chi connectivity index (χ4n) is 1.30. The second kappa shape index (κ2) is 7.49. The highest BCUT2D eigenvalue weighted by molar-refractivity contribution is 7.99. The van der Waals surface area contributed by atoms with Crippen molar-refractivity contribution in [3.8, 4) is 5.75 Å². The van der Waals surface area contributed by atoms with Crippen LogP contribution in [0.1, 0.15) is 6.42 Å². The van der Waals surface area contributed by atoms with E-state index in [1.165, 1.54) is 11.8 Å². The minimum Gasteiger partial charge on any atom is -0.497 e. The Kier molecular flexibility index (Phi) is 6.30. The summed E-state index contributed by atoms with van der Waals surface area (Å²) in [5.41, 5.74) is 6.41. The van der Waals surface area contributed by atoms with Gasteiger partial charge in [-0.3, -0.25) is 0 Å². The van der Waals surface area contributed by atoms with Gasteiger partial charge >= 0.3 is 6.18 Å². The molecule has 19 heavy (non-hydrogen) atoms. The Bertz CT molecular complexity index is 399. The van der Waals surface area contributed by atoms with E-state index < -0.39 is 12.8 Å². The van der Waals surface area contributed by atoms with Crippen molar-refractivity contribution in [2.75, 3.05) is 31.8 Å². The van der Waals surface area contributed by atoms with Gasteiger partial charge in [-0.25, -0.2) is 0 Å². The molecule has 0 unspecified atom stereocenters. The highest BCUT2D eigenvalue weighted by Gasteiger charge is 2.27. The fourth-order valence-corrected chi connectivity index (χ4v) is 2.21. The summed E-state index contributed by atoms with van der Waals surface area (Å²) in [7, 11) is 1.56. The molecule has 1 aromatic carbocycles. The average molecular weight is 295 g/mol. The first-order valence-electron chi connectivity index (χ1n) is 5.63. The smallest absolute Gasteiger partial charge is 0.411 e. The van der Waals surface area contributed by atoms with Gasteiger partial charge in [-0.15, -0.1) is 11.8 Å². The molecule has 7 heteroatoms. The molecule has 3 nitrogen and oxygen atoms in total. The molecule has 1 aromatic rings. The maximum absolute atomic E-state index is 11.8. The Balaban J connectivity index is 2.26. The molecule has 0 fully saturated rings. The van der Waals surface area contributed by atoms with E-state index in [4.69, 9.17) is 10.5 Å². The van der Waals surface area contributed by atoms with Gasteiger partial charge in [0.2, 0.25) is 0 Å². The summed E-state index contributed by atoms with van der Waals surface area (Å²) in [5.74, 6) is 1.33. The van der Waals surface area contributed by atoms with Crippen molar-refractivity contribution < 1.29 is 22.6 Å². The molecule has 1 rings (SSSR count). The van der Waals surface area contributed by atoms with E-state index in [1.807, 2.05) is 0 Å². The van der Waals surface area contributed by atoms with Crippen LogP contribution in [0, 0.1) is 0 Å². The standard InChI is InChI=1S/C12H16F3NO2S/c1-17-9-3-4-10(16)11(7-9)19-6-2-5-18-8-12(13,14)15/h3-4,7H,2,5-6,8,16H2,1H3. The first-order chi connectivity index (χ1) is 8.92. The lowest BCUT2D eigenvalue weighted by Gasteiger charge is -2.09. The van der Waals surface area contributed by atoms with Gasteiger partial charge in [-0.1, -0.05) is 0 Å². The number of ether oxygens (including phenoxy) is 2. The van der Waals surface area contributed by atoms with Crippen molar-refractivity contribution in [2.45, 2.75) is 17.5 Å². The maximum Gasteiger partial charge on any atom is 0.411 e. The average Bonchev–Trinajstić information content (AvgIpc) is 2.34. The predicted molar refractivity (Wildman–Crippen MR) is 69.6 cm³/mol. The molecular formula is C12H16F3NO2S. The number of nitrogen functional groups attached to an aromatic ring is 1. The summed E-state index contributed by atoms with van der Waals surface area (Å²) >= 11 is 1.47. The number of halogens is 3. The number of anilines is 1. The quantitative estimate of drug-likeness (QED) is 0.476. The summed E-state index contributed by atoms with van der Waals surface area (Å²) in [6.07, 6.45) is -3.73. The van der Waals surface area contributed by atoms with E-state index >= 15 is 0 Å². The number of alkyl halides is 3. The molecule has 0 saturated carbocycles. The first kappa shape index (κ1) is 16.0. The van der Waals surface area contributed by atoms with Gasteiger partial charge in [0.15, 0.2) is 0 Å². The Morgan fingerprint density at radius 1 is 1.32 bits per heavy atom. The zero-order valence-corrected chi connectivity index (χ0v) is 11.3. The lowest BCUT2D eigenvalue weighted by Crippen LogP contribution is -2.17. The summed E-state index contributed by atoms with van der Waals surface area (Å²) < 4.78 is 45.0. The molecule has 0 atom stereocenters. The van der Waals surface area contributed by atoms with Gasteiger partial charge in [0.1, 0.15) is 12.4 Å². The van der Waals surface area contributed by atoms with E-state index in [0.29, 0.717) is 23.6 Å². The Hall–Kier alpha value is -1.08. The van der Waals surface area contributed by atoms with Gasteiger partial charge in [0, 0.05) is 22.9 Å². The lowest BCUT2D eigenvalue weighted by atomic mass is 10.3. The van der Waals surface area contributed by atoms with Crippen LogP contribution in [0.15, 0.2) is 23.1 Å². The number of nitrogens with two attached hydrogens (primary N) is 1. The summed E-state index contributed by atoms with van der Waals surface area (Å²) in [4.78, 5) is 0.857. The molecule has 0 radical (unpaired) electrons. The van der Waals surface area contributed by atoms with Crippen molar-refractivity contribution in [2.24, 2.45) is 0 Å². The lowest BCUT2D eigenvalue weighted by molar-refractivity contribution is -0.173. The fraction of sp³-hybridized carbons (Fsp3) is 0.500. The topological polar surface area (TPSA) is 44.5 Å². The molecular weight excluding hydrogens is 279 g/mol. The molecule has 0 aliphatic carbocycles. The van der Waals surface area contributed by atoms with E-state index in [0.717, 1.165) is 4.90 Å². The van der Waals surface area contributed by atoms with E-state index in [-0.39, 0.29) is 6.61 Å². The maximum atomic E-state index is 11.8. The normalized spacial score (nSPS) is 11.6. The van der Waals surface area contributed by atoms with Crippen LogP contribution in [0.25, 0.3) is 0 Å². The van der Waals surface area contributed by atoms with Crippen molar-refractivity contribution in [3.63, 3.8) is 0 Å². The van der Waals surface area contributed by atoms with E-state index in [2.05, 4.69) is 4.74 Å². The van der Waals surface area contributed by atoms with Gasteiger partial charge in [-0.2, -0.15) is 13.2 Å². The summed E-state index contributed by atoms with van der Waals surface area (Å²) in [6, 6.07) is 5.30. The zero-order chi connectivity index (χ0) is 14.3. The van der Waals surface area contributed by atoms with Gasteiger partial charge in [0.25, 0.3) is 0 Å². The van der Waals surface area contributed by atoms with Crippen LogP contribution in [0.4, 0.5) is 18.9 Å². The Labute approximate surface area is 114 Å². The second-order valence-corrected chi connectivity index (χ2v) is 4.91. The van der Waals surface area contributed by atoms with Crippen LogP contribution in [0.3, 0.4) is 0 Å². The number of hydrogen-bond donors (Lipinski definition) is 1. The molecule has 0 aliphatic rings. The third-order valence-corrected chi connectivity index (χ3v) is 3.33. The third kappa shape index (κ3) is 6.58. The highest BCUT2D eigenvalue weighted by atomic mass is 32.2. The zero-order valence-electron chi connectivity index (χ0n) is 10.5. The first-order valence-corrected chi connectivity index (χ1v) is 6.62. The van der Waals surface area contributed by atoms with Gasteiger partial charge < -0.3 is 15.2 Å². The number of methoxy groups -OCH3 is 1. The number of thioether (sulfide) groups is 1. The molecule has 0 bridgehead atoms. The molecule has 0 heterocycles. The van der Waals surface area contributed by atoms with Crippen LogP contribution in [0.2, 0.25) is 0 Å². The summed E-state index contributed by atoms with van der Waals surface area (Å²) in [6.45, 7) is -1.12. The third-order valence-electron chi connectivity index (χ3n) is 2.18. The predicted octanol–water partition coefficient (Wildman–Crippen LogP) is 3.34. The molecule has 0 amide bonds. The highest BCUT2D eigenvalue weighted by Crippen LogP contribution is 2.29. The molecule has 0 spiro atoms. The SMILES string of the molecule is COc1ccc(N)c(SCCCOCC(F)(F)F)c1. The number of hydrogen-bond acceptors (Lipinski definition) is 4. The second-order valence-electron chi connectivity index (χ2n) is 3.77. The molecule has 2 N–H and O–H groups in total. The van der Waals surface area contributed by atoms with Crippen molar-refractivity contribution in [1.29, 1.82) is 0 Å². The molecule has 0 saturated heterocycles. The van der Waals surface area contributed by atoms with Crippen molar-refractivity contribution in [3.05, 3.63) is 18.2 Å². The van der Waals surface area contributed by atoms with Gasteiger partial charge in [-0.05, 0) is 24.6 Å². The molecule has 0 aliphatic heterocycles. The monoisotopic (exact) mass is 295 g/mol. The Morgan fingerprint density at radius 2 is 2.05 bits per heavy atom. The van der Waals surface area contributed by atoms with E-state index in [1.54, 1.807) is 25.3 Å². The van der Waals surface area contributed by atoms with Crippen molar-refractivity contribution in [1.82, 2.24) is 0 Å². The number of benzene rings is 1. The molecule has 108 valence electrons. The van der Waals surface area contributed by atoms with Gasteiger partial charge in [0.05, 0.1) is 7.11 Å². The van der Waals surface area contributed by atoms with E-state index in [9.17, 15) is 13.2 Å². The largest absolute Gasteiger partial charge is 0.497 e. The van der Waals surface area contributed by atoms with Crippen molar-refractivity contribution >= 4 is 17.4 Å². The number of rotatable bonds is 7. The molecule has 0 aromatic heterocycles. The summed E-state index contributed by atoms with van der Waals surface area (Å²) in [5, 5.41) is 0. The van der Waals surface area contributed by atoms with Crippen LogP contribution in [0.5, 0.6) is 5.75 Å². The minimum absolute atomic E-state index is 0.0797. The van der Waals surface area contributed by atoms with Crippen LogP contribution >= 0.6 is 11.8 Å². The minimum atomic E-state index is -4.26. The van der Waals surface area contributed by atoms with Crippen LogP contribution in [-0.2, 0) is 4.74 Å². The Morgan fingerprint density at radius 3 is 2.68 bits per heavy atom.